The SMILES string of the molecule is CC(C)(C(=O)O)c1ccc(C(=O)CCCC2CC(C(c3ccccc3)c3ccccc3)CCN2)cc1. The van der Waals surface area contributed by atoms with E-state index in [1.165, 1.54) is 11.1 Å². The Kier molecular flexibility index (Phi) is 8.37. The van der Waals surface area contributed by atoms with Crippen molar-refractivity contribution in [2.24, 2.45) is 5.92 Å². The van der Waals surface area contributed by atoms with Crippen LogP contribution >= 0.6 is 0 Å². The Hall–Kier alpha value is -3.24. The summed E-state index contributed by atoms with van der Waals surface area (Å²) in [5.74, 6) is 0.184. The molecule has 1 aliphatic rings. The molecule has 0 bridgehead atoms. The van der Waals surface area contributed by atoms with Crippen LogP contribution in [0.5, 0.6) is 0 Å². The van der Waals surface area contributed by atoms with Gasteiger partial charge in [0.25, 0.3) is 0 Å². The maximum absolute atomic E-state index is 12.8. The topological polar surface area (TPSA) is 66.4 Å². The molecule has 36 heavy (non-hydrogen) atoms. The molecule has 0 saturated carbocycles. The van der Waals surface area contributed by atoms with Crippen molar-refractivity contribution in [1.82, 2.24) is 5.32 Å². The fourth-order valence-electron chi connectivity index (χ4n) is 5.47. The van der Waals surface area contributed by atoms with Gasteiger partial charge in [-0.3, -0.25) is 9.59 Å². The van der Waals surface area contributed by atoms with Gasteiger partial charge in [-0.25, -0.2) is 0 Å². The average molecular weight is 484 g/mol. The number of carboxylic acid groups (broad SMARTS) is 1. The van der Waals surface area contributed by atoms with Gasteiger partial charge in [0.1, 0.15) is 0 Å². The molecular formula is C32H37NO3. The number of carbonyl (C=O) groups is 2. The zero-order valence-electron chi connectivity index (χ0n) is 21.3. The van der Waals surface area contributed by atoms with Crippen molar-refractivity contribution in [2.45, 2.75) is 63.3 Å². The minimum atomic E-state index is -0.970. The molecule has 4 rings (SSSR count). The Bertz CT molecular complexity index is 1100. The van der Waals surface area contributed by atoms with Crippen LogP contribution < -0.4 is 5.32 Å². The van der Waals surface area contributed by atoms with Gasteiger partial charge in [-0.1, -0.05) is 84.9 Å². The van der Waals surface area contributed by atoms with Crippen molar-refractivity contribution >= 4 is 11.8 Å². The van der Waals surface area contributed by atoms with Crippen LogP contribution in [-0.4, -0.2) is 29.4 Å². The van der Waals surface area contributed by atoms with Crippen LogP contribution in [0.1, 0.15) is 78.9 Å². The highest BCUT2D eigenvalue weighted by atomic mass is 16.4. The molecule has 3 aromatic carbocycles. The molecule has 1 heterocycles. The van der Waals surface area contributed by atoms with E-state index in [4.69, 9.17) is 0 Å². The quantitative estimate of drug-likeness (QED) is 0.319. The van der Waals surface area contributed by atoms with Gasteiger partial charge in [-0.15, -0.1) is 0 Å². The summed E-state index contributed by atoms with van der Waals surface area (Å²) in [6.45, 7) is 4.35. The number of carboxylic acids is 1. The van der Waals surface area contributed by atoms with Gasteiger partial charge in [0, 0.05) is 23.9 Å². The number of hydrogen-bond acceptors (Lipinski definition) is 3. The van der Waals surface area contributed by atoms with Crippen LogP contribution in [0.15, 0.2) is 84.9 Å². The largest absolute Gasteiger partial charge is 0.481 e. The molecule has 4 heteroatoms. The minimum absolute atomic E-state index is 0.119. The lowest BCUT2D eigenvalue weighted by Crippen LogP contribution is -2.40. The molecular weight excluding hydrogens is 446 g/mol. The summed E-state index contributed by atoms with van der Waals surface area (Å²) in [7, 11) is 0. The first-order valence-electron chi connectivity index (χ1n) is 13.1. The van der Waals surface area contributed by atoms with Gasteiger partial charge in [-0.05, 0) is 68.7 Å². The molecule has 0 aromatic heterocycles. The van der Waals surface area contributed by atoms with Crippen molar-refractivity contribution in [2.75, 3.05) is 6.54 Å². The Morgan fingerprint density at radius 3 is 2.06 bits per heavy atom. The van der Waals surface area contributed by atoms with E-state index in [-0.39, 0.29) is 5.78 Å². The fraction of sp³-hybridized carbons (Fsp3) is 0.375. The Morgan fingerprint density at radius 1 is 0.917 bits per heavy atom. The molecule has 2 atom stereocenters. The number of piperidine rings is 1. The van der Waals surface area contributed by atoms with Crippen LogP contribution in [-0.2, 0) is 10.2 Å². The van der Waals surface area contributed by atoms with Gasteiger partial charge in [0.15, 0.2) is 5.78 Å². The van der Waals surface area contributed by atoms with E-state index in [9.17, 15) is 14.7 Å². The molecule has 2 N–H and O–H groups in total. The summed E-state index contributed by atoms with van der Waals surface area (Å²) in [4.78, 5) is 24.3. The molecule has 1 fully saturated rings. The molecule has 3 aromatic rings. The first-order chi connectivity index (χ1) is 17.4. The van der Waals surface area contributed by atoms with Crippen molar-refractivity contribution in [3.05, 3.63) is 107 Å². The zero-order chi connectivity index (χ0) is 25.5. The van der Waals surface area contributed by atoms with Crippen LogP contribution in [0.2, 0.25) is 0 Å². The summed E-state index contributed by atoms with van der Waals surface area (Å²) in [6.07, 6.45) is 4.56. The standard InChI is InChI=1S/C32H37NO3/c1-32(2,31(35)36)27-18-16-23(17-19-27)29(34)15-9-14-28-22-26(20-21-33-28)30(24-10-5-3-6-11-24)25-12-7-4-8-13-25/h3-8,10-13,16-19,26,28,30,33H,9,14-15,20-22H2,1-2H3,(H,35,36). The number of aliphatic carboxylic acids is 1. The lowest BCUT2D eigenvalue weighted by atomic mass is 9.74. The highest BCUT2D eigenvalue weighted by Crippen LogP contribution is 2.38. The third-order valence-electron chi connectivity index (χ3n) is 7.74. The molecule has 0 aliphatic carbocycles. The highest BCUT2D eigenvalue weighted by molar-refractivity contribution is 5.96. The van der Waals surface area contributed by atoms with Crippen molar-refractivity contribution in [3.63, 3.8) is 0 Å². The normalized spacial score (nSPS) is 18.2. The zero-order valence-corrected chi connectivity index (χ0v) is 21.3. The third-order valence-corrected chi connectivity index (χ3v) is 7.74. The van der Waals surface area contributed by atoms with Crippen molar-refractivity contribution in [3.8, 4) is 0 Å². The van der Waals surface area contributed by atoms with E-state index < -0.39 is 11.4 Å². The second-order valence-electron chi connectivity index (χ2n) is 10.6. The second-order valence-corrected chi connectivity index (χ2v) is 10.6. The number of nitrogens with one attached hydrogen (secondary N) is 1. The maximum Gasteiger partial charge on any atom is 0.313 e. The molecule has 1 aliphatic heterocycles. The van der Waals surface area contributed by atoms with Crippen molar-refractivity contribution < 1.29 is 14.7 Å². The van der Waals surface area contributed by atoms with Gasteiger partial charge < -0.3 is 10.4 Å². The lowest BCUT2D eigenvalue weighted by Gasteiger charge is -2.36. The monoisotopic (exact) mass is 483 g/mol. The van der Waals surface area contributed by atoms with Gasteiger partial charge in [-0.2, -0.15) is 0 Å². The Morgan fingerprint density at radius 2 is 1.50 bits per heavy atom. The molecule has 0 amide bonds. The number of benzene rings is 3. The van der Waals surface area contributed by atoms with E-state index in [0.29, 0.717) is 35.4 Å². The number of ketones is 1. The summed E-state index contributed by atoms with van der Waals surface area (Å²) in [6, 6.07) is 29.1. The van der Waals surface area contributed by atoms with E-state index >= 15 is 0 Å². The molecule has 1 saturated heterocycles. The van der Waals surface area contributed by atoms with Crippen LogP contribution in [0.4, 0.5) is 0 Å². The van der Waals surface area contributed by atoms with E-state index in [1.54, 1.807) is 38.1 Å². The smallest absolute Gasteiger partial charge is 0.313 e. The summed E-state index contributed by atoms with van der Waals surface area (Å²) >= 11 is 0. The molecule has 188 valence electrons. The Labute approximate surface area is 214 Å². The van der Waals surface area contributed by atoms with Crippen LogP contribution in [0.25, 0.3) is 0 Å². The van der Waals surface area contributed by atoms with Gasteiger partial charge in [0.05, 0.1) is 5.41 Å². The van der Waals surface area contributed by atoms with E-state index in [1.807, 2.05) is 0 Å². The Balaban J connectivity index is 1.35. The summed E-state index contributed by atoms with van der Waals surface area (Å²) in [5, 5.41) is 13.1. The second kappa shape index (κ2) is 11.7. The summed E-state index contributed by atoms with van der Waals surface area (Å²) in [5.41, 5.74) is 3.14. The third kappa shape index (κ3) is 6.11. The van der Waals surface area contributed by atoms with E-state index in [2.05, 4.69) is 66.0 Å². The lowest BCUT2D eigenvalue weighted by molar-refractivity contribution is -0.142. The van der Waals surface area contributed by atoms with Crippen LogP contribution in [0, 0.1) is 5.92 Å². The average Bonchev–Trinajstić information content (AvgIpc) is 2.90. The van der Waals surface area contributed by atoms with Crippen LogP contribution in [0.3, 0.4) is 0 Å². The number of Topliss-reactive ketones (excluding diaryl/α,β-unsaturated/α-hetero) is 1. The maximum atomic E-state index is 12.8. The fourth-order valence-corrected chi connectivity index (χ4v) is 5.47. The van der Waals surface area contributed by atoms with Crippen molar-refractivity contribution in [1.29, 1.82) is 0 Å². The van der Waals surface area contributed by atoms with E-state index in [0.717, 1.165) is 32.2 Å². The summed E-state index contributed by atoms with van der Waals surface area (Å²) < 4.78 is 0. The molecule has 0 spiro atoms. The highest BCUT2D eigenvalue weighted by Gasteiger charge is 2.31. The predicted octanol–water partition coefficient (Wildman–Crippen LogP) is 6.60. The number of hydrogen-bond donors (Lipinski definition) is 2. The minimum Gasteiger partial charge on any atom is -0.481 e. The van der Waals surface area contributed by atoms with Gasteiger partial charge in [0.2, 0.25) is 0 Å². The molecule has 4 nitrogen and oxygen atoms in total. The number of carbonyl (C=O) groups excluding carboxylic acids is 1. The first kappa shape index (κ1) is 25.8. The molecule has 0 radical (unpaired) electrons. The predicted molar refractivity (Wildman–Crippen MR) is 145 cm³/mol. The van der Waals surface area contributed by atoms with Gasteiger partial charge >= 0.3 is 5.97 Å². The molecule has 2 unspecified atom stereocenters. The first-order valence-corrected chi connectivity index (χ1v) is 13.1. The number of rotatable bonds is 10.